The van der Waals surface area contributed by atoms with Crippen molar-refractivity contribution in [2.75, 3.05) is 13.7 Å². The first-order valence-corrected chi connectivity index (χ1v) is 8.16. The van der Waals surface area contributed by atoms with Gasteiger partial charge in [0.05, 0.1) is 0 Å². The van der Waals surface area contributed by atoms with Crippen LogP contribution in [0, 0.1) is 12.8 Å². The van der Waals surface area contributed by atoms with Crippen molar-refractivity contribution in [2.45, 2.75) is 39.3 Å². The Kier molecular flexibility index (Phi) is 8.07. The van der Waals surface area contributed by atoms with Gasteiger partial charge in [-0.1, -0.05) is 31.5 Å². The molecule has 0 aliphatic rings. The van der Waals surface area contributed by atoms with Gasteiger partial charge in [0.25, 0.3) is 5.91 Å². The summed E-state index contributed by atoms with van der Waals surface area (Å²) in [7, 11) is 1.46. The number of methoxy groups -OCH3 is 1. The van der Waals surface area contributed by atoms with Crippen LogP contribution in [0.25, 0.3) is 0 Å². The second-order valence-corrected chi connectivity index (χ2v) is 6.25. The standard InChI is InChI=1S/C18H26N2O5/c1-11(2)15(17(22)19-14(18(23)24)8-9-25-4)20-16(21)13-7-5-6-12(3)10-13/h5-7,10-11,14-15H,8-9H2,1-4H3,(H,19,22)(H,20,21)(H,23,24). The van der Waals surface area contributed by atoms with Crippen LogP contribution in [0.1, 0.15) is 36.2 Å². The number of nitrogens with one attached hydrogen (secondary N) is 2. The molecule has 0 bridgehead atoms. The minimum Gasteiger partial charge on any atom is -0.480 e. The predicted octanol–water partition coefficient (Wildman–Crippen LogP) is 1.36. The molecule has 3 N–H and O–H groups in total. The van der Waals surface area contributed by atoms with Crippen molar-refractivity contribution in [3.8, 4) is 0 Å². The molecule has 1 aromatic rings. The average molecular weight is 350 g/mol. The van der Waals surface area contributed by atoms with Gasteiger partial charge in [-0.2, -0.15) is 0 Å². The molecule has 0 aromatic heterocycles. The Bertz CT molecular complexity index is 615. The van der Waals surface area contributed by atoms with Gasteiger partial charge >= 0.3 is 5.97 Å². The minimum atomic E-state index is -1.14. The lowest BCUT2D eigenvalue weighted by molar-refractivity contribution is -0.142. The number of carboxylic acids is 1. The van der Waals surface area contributed by atoms with Crippen LogP contribution in [0.3, 0.4) is 0 Å². The van der Waals surface area contributed by atoms with Gasteiger partial charge in [0, 0.05) is 25.7 Å². The van der Waals surface area contributed by atoms with Gasteiger partial charge in [-0.25, -0.2) is 4.79 Å². The number of carboxylic acid groups (broad SMARTS) is 1. The van der Waals surface area contributed by atoms with E-state index in [0.29, 0.717) is 5.56 Å². The van der Waals surface area contributed by atoms with E-state index in [4.69, 9.17) is 4.74 Å². The molecule has 2 atom stereocenters. The smallest absolute Gasteiger partial charge is 0.326 e. The zero-order chi connectivity index (χ0) is 19.0. The largest absolute Gasteiger partial charge is 0.480 e. The van der Waals surface area contributed by atoms with Crippen LogP contribution in [-0.4, -0.2) is 48.7 Å². The second kappa shape index (κ2) is 9.78. The number of rotatable bonds is 9. The zero-order valence-electron chi connectivity index (χ0n) is 15.0. The van der Waals surface area contributed by atoms with Crippen molar-refractivity contribution >= 4 is 17.8 Å². The fraction of sp³-hybridized carbons (Fsp3) is 0.500. The van der Waals surface area contributed by atoms with E-state index in [1.165, 1.54) is 7.11 Å². The summed E-state index contributed by atoms with van der Waals surface area (Å²) in [5, 5.41) is 14.4. The molecule has 7 nitrogen and oxygen atoms in total. The van der Waals surface area contributed by atoms with Gasteiger partial charge in [-0.15, -0.1) is 0 Å². The van der Waals surface area contributed by atoms with Crippen molar-refractivity contribution in [3.05, 3.63) is 35.4 Å². The normalized spacial score (nSPS) is 13.2. The Morgan fingerprint density at radius 1 is 1.20 bits per heavy atom. The molecule has 138 valence electrons. The van der Waals surface area contributed by atoms with Crippen LogP contribution in [0.4, 0.5) is 0 Å². The Hall–Kier alpha value is -2.41. The highest BCUT2D eigenvalue weighted by atomic mass is 16.5. The number of benzene rings is 1. The fourth-order valence-electron chi connectivity index (χ4n) is 2.30. The summed E-state index contributed by atoms with van der Waals surface area (Å²) in [6.07, 6.45) is 0.147. The Morgan fingerprint density at radius 2 is 1.88 bits per heavy atom. The number of carbonyl (C=O) groups excluding carboxylic acids is 2. The van der Waals surface area contributed by atoms with Crippen molar-refractivity contribution < 1.29 is 24.2 Å². The molecule has 2 amide bonds. The van der Waals surface area contributed by atoms with E-state index in [2.05, 4.69) is 10.6 Å². The van der Waals surface area contributed by atoms with Crippen molar-refractivity contribution in [1.82, 2.24) is 10.6 Å². The van der Waals surface area contributed by atoms with E-state index >= 15 is 0 Å². The van der Waals surface area contributed by atoms with E-state index in [1.807, 2.05) is 13.0 Å². The molecule has 0 aliphatic heterocycles. The summed E-state index contributed by atoms with van der Waals surface area (Å²) in [6, 6.07) is 5.12. The first kappa shape index (κ1) is 20.6. The van der Waals surface area contributed by atoms with Crippen LogP contribution < -0.4 is 10.6 Å². The molecule has 1 rings (SSSR count). The van der Waals surface area contributed by atoms with E-state index in [1.54, 1.807) is 32.0 Å². The summed E-state index contributed by atoms with van der Waals surface area (Å²) in [6.45, 7) is 5.65. The summed E-state index contributed by atoms with van der Waals surface area (Å²) in [4.78, 5) is 36.1. The van der Waals surface area contributed by atoms with Crippen LogP contribution in [0.5, 0.6) is 0 Å². The predicted molar refractivity (Wildman–Crippen MR) is 93.3 cm³/mol. The molecule has 25 heavy (non-hydrogen) atoms. The lowest BCUT2D eigenvalue weighted by Crippen LogP contribution is -2.53. The van der Waals surface area contributed by atoms with Gasteiger partial charge in [0.15, 0.2) is 0 Å². The van der Waals surface area contributed by atoms with E-state index < -0.39 is 24.0 Å². The third-order valence-electron chi connectivity index (χ3n) is 3.74. The third-order valence-corrected chi connectivity index (χ3v) is 3.74. The SMILES string of the molecule is COCCC(NC(=O)C(NC(=O)c1cccc(C)c1)C(C)C)C(=O)O. The molecule has 7 heteroatoms. The first-order valence-electron chi connectivity index (χ1n) is 8.16. The summed E-state index contributed by atoms with van der Waals surface area (Å²) in [5.74, 6) is -2.25. The van der Waals surface area contributed by atoms with Gasteiger partial charge < -0.3 is 20.5 Å². The minimum absolute atomic E-state index is 0.147. The number of carbonyl (C=O) groups is 3. The zero-order valence-corrected chi connectivity index (χ0v) is 15.0. The fourth-order valence-corrected chi connectivity index (χ4v) is 2.30. The van der Waals surface area contributed by atoms with Crippen LogP contribution in [-0.2, 0) is 14.3 Å². The highest BCUT2D eigenvalue weighted by molar-refractivity contribution is 5.98. The van der Waals surface area contributed by atoms with Crippen molar-refractivity contribution in [1.29, 1.82) is 0 Å². The highest BCUT2D eigenvalue weighted by Crippen LogP contribution is 2.08. The van der Waals surface area contributed by atoms with Crippen molar-refractivity contribution in [2.24, 2.45) is 5.92 Å². The molecular weight excluding hydrogens is 324 g/mol. The molecule has 1 aromatic carbocycles. The number of amides is 2. The highest BCUT2D eigenvalue weighted by Gasteiger charge is 2.28. The molecule has 0 heterocycles. The first-order chi connectivity index (χ1) is 11.8. The molecule has 2 unspecified atom stereocenters. The van der Waals surface area contributed by atoms with Gasteiger partial charge in [-0.05, 0) is 25.0 Å². The summed E-state index contributed by atoms with van der Waals surface area (Å²) < 4.78 is 4.86. The van der Waals surface area contributed by atoms with Gasteiger partial charge in [0.1, 0.15) is 12.1 Å². The topological polar surface area (TPSA) is 105 Å². The Morgan fingerprint density at radius 3 is 2.40 bits per heavy atom. The van der Waals surface area contributed by atoms with Crippen LogP contribution in [0.2, 0.25) is 0 Å². The lowest BCUT2D eigenvalue weighted by atomic mass is 10.0. The molecule has 0 radical (unpaired) electrons. The van der Waals surface area contributed by atoms with Crippen LogP contribution >= 0.6 is 0 Å². The molecule has 0 saturated carbocycles. The molecule has 0 fully saturated rings. The number of hydrogen-bond acceptors (Lipinski definition) is 4. The van der Waals surface area contributed by atoms with E-state index in [9.17, 15) is 19.5 Å². The van der Waals surface area contributed by atoms with E-state index in [0.717, 1.165) is 5.56 Å². The monoisotopic (exact) mass is 350 g/mol. The summed E-state index contributed by atoms with van der Waals surface area (Å²) in [5.41, 5.74) is 1.39. The lowest BCUT2D eigenvalue weighted by Gasteiger charge is -2.24. The maximum atomic E-state index is 12.5. The molecule has 0 aliphatic carbocycles. The number of aliphatic carboxylic acids is 1. The number of hydrogen-bond donors (Lipinski definition) is 3. The average Bonchev–Trinajstić information content (AvgIpc) is 2.55. The molecule has 0 spiro atoms. The van der Waals surface area contributed by atoms with E-state index in [-0.39, 0.29) is 24.9 Å². The maximum absolute atomic E-state index is 12.5. The van der Waals surface area contributed by atoms with Crippen molar-refractivity contribution in [3.63, 3.8) is 0 Å². The quantitative estimate of drug-likeness (QED) is 0.624. The van der Waals surface area contributed by atoms with Gasteiger partial charge in [0.2, 0.25) is 5.91 Å². The molecule has 0 saturated heterocycles. The Labute approximate surface area is 147 Å². The Balaban J connectivity index is 2.82. The molecular formula is C18H26N2O5. The van der Waals surface area contributed by atoms with Gasteiger partial charge in [-0.3, -0.25) is 9.59 Å². The number of ether oxygens (including phenoxy) is 1. The summed E-state index contributed by atoms with van der Waals surface area (Å²) >= 11 is 0. The second-order valence-electron chi connectivity index (χ2n) is 6.25. The third kappa shape index (κ3) is 6.54. The maximum Gasteiger partial charge on any atom is 0.326 e. The van der Waals surface area contributed by atoms with Crippen LogP contribution in [0.15, 0.2) is 24.3 Å². The number of aryl methyl sites for hydroxylation is 1.